The molecule has 0 saturated carbocycles. The number of anilines is 1. The van der Waals surface area contributed by atoms with Crippen LogP contribution >= 0.6 is 11.6 Å². The average Bonchev–Trinajstić information content (AvgIpc) is 2.51. The molecular formula is C18H29ClN4. The van der Waals surface area contributed by atoms with E-state index in [1.807, 2.05) is 30.5 Å². The minimum atomic E-state index is 0. The van der Waals surface area contributed by atoms with Crippen molar-refractivity contribution in [2.75, 3.05) is 25.0 Å². The Bertz CT molecular complexity index is 599. The maximum absolute atomic E-state index is 6.04. The van der Waals surface area contributed by atoms with E-state index in [4.69, 9.17) is 11.6 Å². The molecule has 0 bridgehead atoms. The van der Waals surface area contributed by atoms with Crippen molar-refractivity contribution < 1.29 is 0 Å². The van der Waals surface area contributed by atoms with Crippen LogP contribution in [0.4, 0.5) is 5.69 Å². The quantitative estimate of drug-likeness (QED) is 0.714. The van der Waals surface area contributed by atoms with Crippen molar-refractivity contribution in [1.29, 1.82) is 0 Å². The minimum Gasteiger partial charge on any atom is -0.382 e. The molecule has 1 aromatic heterocycles. The molecule has 1 aromatic carbocycles. The number of rotatable bonds is 8. The molecule has 128 valence electrons. The molecule has 0 radical (unpaired) electrons. The Morgan fingerprint density at radius 3 is 2.65 bits per heavy atom. The molecule has 23 heavy (non-hydrogen) atoms. The molecule has 2 aromatic rings. The zero-order valence-corrected chi connectivity index (χ0v) is 15.2. The van der Waals surface area contributed by atoms with Crippen molar-refractivity contribution in [3.05, 3.63) is 35.5 Å². The molecule has 1 atom stereocenters. The number of pyridine rings is 1. The summed E-state index contributed by atoms with van der Waals surface area (Å²) >= 11 is 6.04. The number of aromatic nitrogens is 1. The third-order valence-corrected chi connectivity index (χ3v) is 4.35. The number of fused-ring (bicyclic) bond motifs is 1. The molecule has 0 saturated heterocycles. The highest BCUT2D eigenvalue weighted by molar-refractivity contribution is 6.31. The molecule has 0 fully saturated rings. The molecule has 1 heterocycles. The summed E-state index contributed by atoms with van der Waals surface area (Å²) in [6.45, 7) is 10.1. The predicted molar refractivity (Wildman–Crippen MR) is 102 cm³/mol. The fourth-order valence-corrected chi connectivity index (χ4v) is 2.91. The maximum Gasteiger partial charge on any atom is 0.0737 e. The SMILES string of the molecule is CCN(CC)CCCC(C)Nc1ccnc2cc(Cl)ccc12.N. The lowest BCUT2D eigenvalue weighted by Crippen LogP contribution is -2.25. The second-order valence-electron chi connectivity index (χ2n) is 5.73. The minimum absolute atomic E-state index is 0. The van der Waals surface area contributed by atoms with E-state index in [1.165, 1.54) is 13.0 Å². The first kappa shape index (κ1) is 19.7. The third-order valence-electron chi connectivity index (χ3n) is 4.11. The summed E-state index contributed by atoms with van der Waals surface area (Å²) in [5.41, 5.74) is 2.07. The first-order valence-electron chi connectivity index (χ1n) is 8.17. The van der Waals surface area contributed by atoms with Crippen molar-refractivity contribution in [3.8, 4) is 0 Å². The Labute approximate surface area is 144 Å². The molecule has 1 unspecified atom stereocenters. The summed E-state index contributed by atoms with van der Waals surface area (Å²) in [6, 6.07) is 8.35. The van der Waals surface area contributed by atoms with E-state index in [2.05, 4.69) is 36.0 Å². The smallest absolute Gasteiger partial charge is 0.0737 e. The monoisotopic (exact) mass is 336 g/mol. The largest absolute Gasteiger partial charge is 0.382 e. The summed E-state index contributed by atoms with van der Waals surface area (Å²) in [4.78, 5) is 6.86. The Balaban J connectivity index is 0.00000264. The van der Waals surface area contributed by atoms with Gasteiger partial charge in [-0.2, -0.15) is 0 Å². The number of hydrogen-bond acceptors (Lipinski definition) is 4. The number of nitrogens with zero attached hydrogens (tertiary/aromatic N) is 2. The number of nitrogens with one attached hydrogen (secondary N) is 1. The number of benzene rings is 1. The van der Waals surface area contributed by atoms with Gasteiger partial charge < -0.3 is 16.4 Å². The normalized spacial score (nSPS) is 12.2. The van der Waals surface area contributed by atoms with E-state index in [-0.39, 0.29) is 6.15 Å². The molecule has 5 heteroatoms. The molecule has 0 amide bonds. The van der Waals surface area contributed by atoms with Crippen LogP contribution in [0.2, 0.25) is 5.02 Å². The summed E-state index contributed by atoms with van der Waals surface area (Å²) in [5, 5.41) is 5.47. The van der Waals surface area contributed by atoms with Gasteiger partial charge in [0.25, 0.3) is 0 Å². The first-order chi connectivity index (χ1) is 10.6. The van der Waals surface area contributed by atoms with Crippen LogP contribution < -0.4 is 11.5 Å². The number of hydrogen-bond donors (Lipinski definition) is 2. The molecule has 2 rings (SSSR count). The van der Waals surface area contributed by atoms with E-state index in [0.717, 1.165) is 41.1 Å². The molecule has 0 aliphatic carbocycles. The Morgan fingerprint density at radius 1 is 1.22 bits per heavy atom. The van der Waals surface area contributed by atoms with Gasteiger partial charge >= 0.3 is 0 Å². The summed E-state index contributed by atoms with van der Waals surface area (Å²) in [6.07, 6.45) is 4.21. The van der Waals surface area contributed by atoms with Gasteiger partial charge in [0.15, 0.2) is 0 Å². The maximum atomic E-state index is 6.04. The Hall–Kier alpha value is -1.36. The van der Waals surface area contributed by atoms with Crippen molar-refractivity contribution in [3.63, 3.8) is 0 Å². The lowest BCUT2D eigenvalue weighted by molar-refractivity contribution is 0.295. The van der Waals surface area contributed by atoms with Crippen LogP contribution in [0.1, 0.15) is 33.6 Å². The topological polar surface area (TPSA) is 63.2 Å². The van der Waals surface area contributed by atoms with E-state index in [9.17, 15) is 0 Å². The van der Waals surface area contributed by atoms with E-state index in [1.54, 1.807) is 0 Å². The average molecular weight is 337 g/mol. The summed E-state index contributed by atoms with van der Waals surface area (Å²) in [7, 11) is 0. The van der Waals surface area contributed by atoms with E-state index < -0.39 is 0 Å². The van der Waals surface area contributed by atoms with Gasteiger partial charge in [0.05, 0.1) is 5.52 Å². The van der Waals surface area contributed by atoms with Gasteiger partial charge in [0, 0.05) is 28.3 Å². The van der Waals surface area contributed by atoms with Crippen molar-refractivity contribution >= 4 is 28.2 Å². The van der Waals surface area contributed by atoms with Crippen LogP contribution in [0.3, 0.4) is 0 Å². The Morgan fingerprint density at radius 2 is 1.96 bits per heavy atom. The molecular weight excluding hydrogens is 308 g/mol. The van der Waals surface area contributed by atoms with Gasteiger partial charge in [-0.1, -0.05) is 25.4 Å². The highest BCUT2D eigenvalue weighted by atomic mass is 35.5. The molecule has 0 aliphatic rings. The zero-order chi connectivity index (χ0) is 15.9. The molecule has 0 aliphatic heterocycles. The van der Waals surface area contributed by atoms with Gasteiger partial charge in [-0.25, -0.2) is 0 Å². The standard InChI is InChI=1S/C18H26ClN3.H3N/c1-4-22(5-2)12-6-7-14(3)21-17-10-11-20-18-13-15(19)8-9-16(17)18;/h8-11,13-14H,4-7,12H2,1-3H3,(H,20,21);1H3. The van der Waals surface area contributed by atoms with Gasteiger partial charge in [0.1, 0.15) is 0 Å². The van der Waals surface area contributed by atoms with Crippen LogP contribution in [-0.2, 0) is 0 Å². The fraction of sp³-hybridized carbons (Fsp3) is 0.500. The summed E-state index contributed by atoms with van der Waals surface area (Å²) < 4.78 is 0. The van der Waals surface area contributed by atoms with E-state index in [0.29, 0.717) is 6.04 Å². The second kappa shape index (κ2) is 9.71. The van der Waals surface area contributed by atoms with Crippen molar-refractivity contribution in [1.82, 2.24) is 16.0 Å². The number of halogens is 1. The van der Waals surface area contributed by atoms with Gasteiger partial charge in [-0.05, 0) is 63.7 Å². The van der Waals surface area contributed by atoms with Gasteiger partial charge in [-0.3, -0.25) is 4.98 Å². The van der Waals surface area contributed by atoms with Gasteiger partial charge in [-0.15, -0.1) is 0 Å². The summed E-state index contributed by atoms with van der Waals surface area (Å²) in [5.74, 6) is 0. The van der Waals surface area contributed by atoms with Crippen molar-refractivity contribution in [2.24, 2.45) is 0 Å². The predicted octanol–water partition coefficient (Wildman–Crippen LogP) is 4.97. The van der Waals surface area contributed by atoms with Crippen LogP contribution in [0.15, 0.2) is 30.5 Å². The second-order valence-corrected chi connectivity index (χ2v) is 6.17. The molecule has 4 nitrogen and oxygen atoms in total. The van der Waals surface area contributed by atoms with E-state index >= 15 is 0 Å². The van der Waals surface area contributed by atoms with Gasteiger partial charge in [0.2, 0.25) is 0 Å². The lowest BCUT2D eigenvalue weighted by Gasteiger charge is -2.20. The zero-order valence-electron chi connectivity index (χ0n) is 14.5. The van der Waals surface area contributed by atoms with Crippen LogP contribution in [0, 0.1) is 0 Å². The Kier molecular flexibility index (Phi) is 8.31. The molecule has 0 spiro atoms. The van der Waals surface area contributed by atoms with Crippen LogP contribution in [0.25, 0.3) is 10.9 Å². The highest BCUT2D eigenvalue weighted by Crippen LogP contribution is 2.25. The first-order valence-corrected chi connectivity index (χ1v) is 8.55. The molecule has 4 N–H and O–H groups in total. The fourth-order valence-electron chi connectivity index (χ4n) is 2.75. The van der Waals surface area contributed by atoms with Crippen LogP contribution in [0.5, 0.6) is 0 Å². The lowest BCUT2D eigenvalue weighted by atomic mass is 10.1. The highest BCUT2D eigenvalue weighted by Gasteiger charge is 2.07. The van der Waals surface area contributed by atoms with Crippen LogP contribution in [-0.4, -0.2) is 35.6 Å². The van der Waals surface area contributed by atoms with Crippen molar-refractivity contribution in [2.45, 2.75) is 39.7 Å². The third kappa shape index (κ3) is 5.65.